The zero-order valence-corrected chi connectivity index (χ0v) is 19.5. The van der Waals surface area contributed by atoms with E-state index in [1.165, 1.54) is 12.4 Å². The third-order valence-corrected chi connectivity index (χ3v) is 7.72. The molecule has 1 aliphatic heterocycles. The second-order valence-corrected chi connectivity index (χ2v) is 10.2. The van der Waals surface area contributed by atoms with Crippen molar-refractivity contribution in [3.63, 3.8) is 0 Å². The van der Waals surface area contributed by atoms with Crippen molar-refractivity contribution >= 4 is 39.0 Å². The van der Waals surface area contributed by atoms with Gasteiger partial charge in [0.25, 0.3) is 0 Å². The van der Waals surface area contributed by atoms with Gasteiger partial charge in [-0.05, 0) is 81.7 Å². The third kappa shape index (κ3) is 4.20. The Morgan fingerprint density at radius 2 is 2.12 bits per heavy atom. The zero-order chi connectivity index (χ0) is 23.3. The molecule has 2 N–H and O–H groups in total. The molecule has 5 rings (SSSR count). The van der Waals surface area contributed by atoms with E-state index < -0.39 is 11.8 Å². The first-order chi connectivity index (χ1) is 15.7. The molecule has 0 bridgehead atoms. The van der Waals surface area contributed by atoms with Crippen LogP contribution < -0.4 is 5.32 Å². The molecule has 0 amide bonds. The highest BCUT2D eigenvalue weighted by Crippen LogP contribution is 2.43. The minimum Gasteiger partial charge on any atom is -0.477 e. The van der Waals surface area contributed by atoms with Crippen LogP contribution in [0.4, 0.5) is 15.9 Å². The van der Waals surface area contributed by atoms with E-state index >= 15 is 0 Å². The van der Waals surface area contributed by atoms with Gasteiger partial charge in [-0.2, -0.15) is 0 Å². The summed E-state index contributed by atoms with van der Waals surface area (Å²) >= 11 is 1.12. The lowest BCUT2D eigenvalue weighted by Gasteiger charge is -2.22. The van der Waals surface area contributed by atoms with E-state index in [-0.39, 0.29) is 22.9 Å². The summed E-state index contributed by atoms with van der Waals surface area (Å²) in [5.41, 5.74) is 2.21. The van der Waals surface area contributed by atoms with E-state index in [0.717, 1.165) is 41.9 Å². The zero-order valence-electron chi connectivity index (χ0n) is 18.7. The molecule has 174 valence electrons. The first-order valence-corrected chi connectivity index (χ1v) is 11.9. The fourth-order valence-corrected chi connectivity index (χ4v) is 6.05. The molecule has 2 aliphatic rings. The van der Waals surface area contributed by atoms with Crippen LogP contribution in [0.25, 0.3) is 10.2 Å². The number of rotatable bonds is 6. The van der Waals surface area contributed by atoms with Crippen LogP contribution in [0.5, 0.6) is 0 Å². The number of thiophene rings is 1. The number of fused-ring (bicyclic) bond motifs is 2. The smallest absolute Gasteiger partial charge is 0.346 e. The molecule has 0 spiro atoms. The number of aromatic carboxylic acids is 1. The molecule has 2 aromatic heterocycles. The number of aromatic nitrogens is 2. The van der Waals surface area contributed by atoms with Gasteiger partial charge in [0.15, 0.2) is 5.79 Å². The molecule has 1 aromatic carbocycles. The maximum absolute atomic E-state index is 14.2. The van der Waals surface area contributed by atoms with Crippen LogP contribution in [-0.2, 0) is 15.9 Å². The number of carbonyl (C=O) groups is 1. The number of nitrogens with one attached hydrogen (secondary N) is 1. The molecule has 1 saturated heterocycles. The van der Waals surface area contributed by atoms with Crippen molar-refractivity contribution in [3.05, 3.63) is 46.3 Å². The highest BCUT2D eigenvalue weighted by atomic mass is 32.1. The first-order valence-electron chi connectivity index (χ1n) is 11.1. The summed E-state index contributed by atoms with van der Waals surface area (Å²) in [5.74, 6) is -0.958. The summed E-state index contributed by atoms with van der Waals surface area (Å²) < 4.78 is 26.3. The van der Waals surface area contributed by atoms with E-state index in [9.17, 15) is 14.3 Å². The highest BCUT2D eigenvalue weighted by molar-refractivity contribution is 7.20. The summed E-state index contributed by atoms with van der Waals surface area (Å²) in [6, 6.07) is 4.66. The van der Waals surface area contributed by atoms with E-state index in [1.54, 1.807) is 19.1 Å². The standard InChI is InChI=1S/C24H26FN3O4S/c1-12-18-21(26-11-27-22(18)33-20(12)23(29)30)28-16-8-7-15(25)10-14(16)5-4-13-6-9-17-19(13)32-24(2,3)31-17/h7-8,10-11,13,17,19H,4-6,9H2,1-3H3,(H,29,30)(H,26,27,28)/t13-,17+,19-/m1/s1. The number of carboxylic acids is 1. The SMILES string of the molecule is Cc1c(C(=O)O)sc2ncnc(Nc3ccc(F)cc3CC[C@@H]3CC[C@@H]4OC(C)(C)O[C@H]34)c12. The lowest BCUT2D eigenvalue weighted by atomic mass is 9.95. The average Bonchev–Trinajstić information content (AvgIpc) is 3.38. The van der Waals surface area contributed by atoms with Crippen LogP contribution in [0.1, 0.15) is 53.9 Å². The Balaban J connectivity index is 1.39. The second-order valence-electron chi connectivity index (χ2n) is 9.20. The van der Waals surface area contributed by atoms with Gasteiger partial charge >= 0.3 is 5.97 Å². The van der Waals surface area contributed by atoms with Crippen molar-refractivity contribution in [2.45, 2.75) is 64.4 Å². The van der Waals surface area contributed by atoms with Gasteiger partial charge in [-0.3, -0.25) is 0 Å². The topological polar surface area (TPSA) is 93.6 Å². The predicted octanol–water partition coefficient (Wildman–Crippen LogP) is 5.44. The molecular formula is C24H26FN3O4S. The number of benzene rings is 1. The fourth-order valence-electron chi connectivity index (χ4n) is 5.07. The van der Waals surface area contributed by atoms with E-state index in [4.69, 9.17) is 9.47 Å². The van der Waals surface area contributed by atoms with Gasteiger partial charge in [0.2, 0.25) is 0 Å². The molecule has 0 radical (unpaired) electrons. The maximum atomic E-state index is 14.2. The molecule has 3 aromatic rings. The molecule has 7 nitrogen and oxygen atoms in total. The largest absolute Gasteiger partial charge is 0.477 e. The number of hydrogen-bond donors (Lipinski definition) is 2. The Kier molecular flexibility index (Phi) is 5.58. The molecule has 3 heterocycles. The van der Waals surface area contributed by atoms with Gasteiger partial charge in [0.1, 0.15) is 27.7 Å². The first kappa shape index (κ1) is 22.2. The number of aryl methyl sites for hydroxylation is 2. The number of anilines is 2. The molecule has 2 fully saturated rings. The van der Waals surface area contributed by atoms with Gasteiger partial charge < -0.3 is 19.9 Å². The highest BCUT2D eigenvalue weighted by Gasteiger charge is 2.48. The van der Waals surface area contributed by atoms with Crippen molar-refractivity contribution in [1.82, 2.24) is 9.97 Å². The van der Waals surface area contributed by atoms with Crippen LogP contribution in [0.3, 0.4) is 0 Å². The summed E-state index contributed by atoms with van der Waals surface area (Å²) in [6.07, 6.45) is 5.17. The minimum atomic E-state index is -0.986. The molecule has 1 aliphatic carbocycles. The normalized spacial score (nSPS) is 23.7. The second kappa shape index (κ2) is 8.30. The van der Waals surface area contributed by atoms with Crippen LogP contribution in [0.2, 0.25) is 0 Å². The Labute approximate surface area is 195 Å². The van der Waals surface area contributed by atoms with Crippen molar-refractivity contribution in [1.29, 1.82) is 0 Å². The van der Waals surface area contributed by atoms with Crippen molar-refractivity contribution < 1.29 is 23.8 Å². The number of hydrogen-bond acceptors (Lipinski definition) is 7. The Hall–Kier alpha value is -2.62. The number of nitrogens with zero attached hydrogens (tertiary/aromatic N) is 2. The molecule has 33 heavy (non-hydrogen) atoms. The van der Waals surface area contributed by atoms with Gasteiger partial charge in [0, 0.05) is 5.69 Å². The minimum absolute atomic E-state index is 0.0781. The van der Waals surface area contributed by atoms with Gasteiger partial charge in [-0.25, -0.2) is 19.2 Å². The van der Waals surface area contributed by atoms with Gasteiger partial charge in [-0.15, -0.1) is 11.3 Å². The summed E-state index contributed by atoms with van der Waals surface area (Å²) in [4.78, 5) is 21.0. The van der Waals surface area contributed by atoms with Gasteiger partial charge in [-0.1, -0.05) is 0 Å². The average molecular weight is 472 g/mol. The van der Waals surface area contributed by atoms with E-state index in [1.807, 2.05) is 13.8 Å². The quantitative estimate of drug-likeness (QED) is 0.494. The van der Waals surface area contributed by atoms with Crippen molar-refractivity contribution in [2.75, 3.05) is 5.32 Å². The lowest BCUT2D eigenvalue weighted by molar-refractivity contribution is -0.156. The lowest BCUT2D eigenvalue weighted by Crippen LogP contribution is -2.25. The Bertz CT molecular complexity index is 1230. The monoisotopic (exact) mass is 471 g/mol. The van der Waals surface area contributed by atoms with E-state index in [2.05, 4.69) is 15.3 Å². The molecule has 9 heteroatoms. The summed E-state index contributed by atoms with van der Waals surface area (Å²) in [5, 5.41) is 13.5. The Morgan fingerprint density at radius 3 is 2.91 bits per heavy atom. The number of halogens is 1. The Morgan fingerprint density at radius 1 is 1.30 bits per heavy atom. The molecule has 0 unspecified atom stereocenters. The number of carboxylic acid groups (broad SMARTS) is 1. The van der Waals surface area contributed by atoms with Crippen molar-refractivity contribution in [3.8, 4) is 0 Å². The third-order valence-electron chi connectivity index (χ3n) is 6.53. The predicted molar refractivity (Wildman–Crippen MR) is 124 cm³/mol. The van der Waals surface area contributed by atoms with Crippen LogP contribution in [0, 0.1) is 18.7 Å². The van der Waals surface area contributed by atoms with Crippen LogP contribution in [0.15, 0.2) is 24.5 Å². The van der Waals surface area contributed by atoms with Gasteiger partial charge in [0.05, 0.1) is 17.6 Å². The molecular weight excluding hydrogens is 445 g/mol. The summed E-state index contributed by atoms with van der Waals surface area (Å²) in [6.45, 7) is 5.65. The van der Waals surface area contributed by atoms with Crippen LogP contribution in [-0.4, -0.2) is 39.0 Å². The fraction of sp³-hybridized carbons (Fsp3) is 0.458. The van der Waals surface area contributed by atoms with E-state index in [0.29, 0.717) is 33.9 Å². The molecule has 3 atom stereocenters. The summed E-state index contributed by atoms with van der Waals surface area (Å²) in [7, 11) is 0. The number of ether oxygens (including phenoxy) is 2. The van der Waals surface area contributed by atoms with Crippen molar-refractivity contribution in [2.24, 2.45) is 5.92 Å². The molecule has 1 saturated carbocycles. The maximum Gasteiger partial charge on any atom is 0.346 e. The van der Waals surface area contributed by atoms with Crippen LogP contribution >= 0.6 is 11.3 Å².